The number of nitrogens with zero attached hydrogens (tertiary/aromatic N) is 5. The van der Waals surface area contributed by atoms with E-state index in [1.54, 1.807) is 0 Å². The van der Waals surface area contributed by atoms with Gasteiger partial charge in [-0.2, -0.15) is 0 Å². The maximum atomic E-state index is 13.9. The van der Waals surface area contributed by atoms with Crippen LogP contribution >= 0.6 is 34.7 Å². The van der Waals surface area contributed by atoms with Gasteiger partial charge in [-0.3, -0.25) is 44.3 Å². The Morgan fingerprint density at radius 3 is 2.21 bits per heavy atom. The Balaban J connectivity index is 1.18. The Labute approximate surface area is 339 Å². The molecular formula is C34H30ClN7O14S2. The van der Waals surface area contributed by atoms with Gasteiger partial charge < -0.3 is 29.7 Å². The molecule has 0 unspecified atom stereocenters. The Morgan fingerprint density at radius 2 is 1.62 bits per heavy atom. The number of rotatable bonds is 15. The van der Waals surface area contributed by atoms with Crippen LogP contribution in [0.2, 0.25) is 0 Å². The molecule has 3 aromatic rings. The number of ether oxygens (including phenoxy) is 3. The molecule has 3 saturated heterocycles. The SMILES string of the molecule is CC(C)(ON=C(C(=O)N[C@@H]1C(=O)N2[C@@H]1SC[C@@H]1CC(=O)O[C@@]12C(=O)OCc1ccc([N+](=O)[O-])cc1)c1csc(NC(=O)CCl)n1)C(=O)OCc1ccc([N+](=O)[O-])cc1. The van der Waals surface area contributed by atoms with E-state index in [4.69, 9.17) is 30.6 Å². The summed E-state index contributed by atoms with van der Waals surface area (Å²) in [7, 11) is 0. The summed E-state index contributed by atoms with van der Waals surface area (Å²) in [5, 5.41) is 31.3. The highest BCUT2D eigenvalue weighted by atomic mass is 35.5. The van der Waals surface area contributed by atoms with E-state index in [0.29, 0.717) is 11.1 Å². The number of thiazole rings is 1. The first kappa shape index (κ1) is 41.4. The predicted molar refractivity (Wildman–Crippen MR) is 201 cm³/mol. The van der Waals surface area contributed by atoms with Crippen molar-refractivity contribution in [3.05, 3.63) is 91.0 Å². The molecule has 0 radical (unpaired) electrons. The van der Waals surface area contributed by atoms with Gasteiger partial charge in [-0.1, -0.05) is 5.16 Å². The summed E-state index contributed by atoms with van der Waals surface area (Å²) in [6, 6.07) is 9.20. The van der Waals surface area contributed by atoms with Crippen LogP contribution in [-0.4, -0.2) is 95.4 Å². The van der Waals surface area contributed by atoms with Gasteiger partial charge in [0.2, 0.25) is 11.5 Å². The summed E-state index contributed by atoms with van der Waals surface area (Å²) in [6.45, 7) is 1.95. The van der Waals surface area contributed by atoms with Crippen molar-refractivity contribution in [1.29, 1.82) is 0 Å². The minimum absolute atomic E-state index is 0.0277. The molecule has 0 bridgehead atoms. The third-order valence-corrected chi connectivity index (χ3v) is 11.3. The van der Waals surface area contributed by atoms with E-state index in [0.717, 1.165) is 16.2 Å². The van der Waals surface area contributed by atoms with Crippen molar-refractivity contribution in [3.63, 3.8) is 0 Å². The molecule has 0 saturated carbocycles. The third-order valence-electron chi connectivity index (χ3n) is 8.90. The lowest BCUT2D eigenvalue weighted by Crippen LogP contribution is -2.80. The first-order valence-corrected chi connectivity index (χ1v) is 19.4. The fourth-order valence-electron chi connectivity index (χ4n) is 5.90. The van der Waals surface area contributed by atoms with Crippen LogP contribution in [0.1, 0.15) is 37.1 Å². The van der Waals surface area contributed by atoms with Gasteiger partial charge in [-0.25, -0.2) is 14.6 Å². The fourth-order valence-corrected chi connectivity index (χ4v) is 8.24. The Morgan fingerprint density at radius 1 is 1.02 bits per heavy atom. The van der Waals surface area contributed by atoms with Crippen LogP contribution in [0.3, 0.4) is 0 Å². The number of carbonyl (C=O) groups is 6. The number of β-lactam (4-membered cyclic amide) rings is 1. The second kappa shape index (κ2) is 16.7. The molecule has 21 nitrogen and oxygen atoms in total. The average Bonchev–Trinajstić information content (AvgIpc) is 3.80. The van der Waals surface area contributed by atoms with Crippen molar-refractivity contribution in [2.75, 3.05) is 16.9 Å². The minimum Gasteiger partial charge on any atom is -0.458 e. The van der Waals surface area contributed by atoms with Gasteiger partial charge >= 0.3 is 17.9 Å². The number of hydrogen-bond acceptors (Lipinski definition) is 18. The smallest absolute Gasteiger partial charge is 0.373 e. The van der Waals surface area contributed by atoms with Gasteiger partial charge in [-0.15, -0.1) is 34.7 Å². The van der Waals surface area contributed by atoms with Gasteiger partial charge in [0.1, 0.15) is 36.2 Å². The summed E-state index contributed by atoms with van der Waals surface area (Å²) >= 11 is 7.66. The minimum atomic E-state index is -2.14. The molecule has 3 amide bonds. The summed E-state index contributed by atoms with van der Waals surface area (Å²) in [5.74, 6) is -6.19. The summed E-state index contributed by atoms with van der Waals surface area (Å²) in [4.78, 5) is 111. The average molecular weight is 860 g/mol. The maximum Gasteiger partial charge on any atom is 0.373 e. The van der Waals surface area contributed by atoms with E-state index in [1.807, 2.05) is 0 Å². The standard InChI is InChI=1S/C34H30ClN7O14S2/c1-33(2,30(47)53-13-17-3-7-20(8-4-17)41(49)50)56-39-25(22-16-58-32(36-22)37-23(43)12-35)27(45)38-26-28(46)40-29(26)57-15-19-11-24(44)55-34(19,40)31(48)54-14-18-5-9-21(10-6-18)42(51)52/h3-10,16,19,26,29H,11-15H2,1-2H3,(H,38,45)(H,36,37,43)/t19-,26+,29+,34+/m0/s1. The van der Waals surface area contributed by atoms with Crippen molar-refractivity contribution in [2.45, 2.75) is 56.2 Å². The number of nitro groups is 2. The molecule has 4 heterocycles. The van der Waals surface area contributed by atoms with Gasteiger partial charge in [0.05, 0.1) is 16.3 Å². The number of fused-ring (bicyclic) bond motifs is 3. The predicted octanol–water partition coefficient (Wildman–Crippen LogP) is 2.78. The molecule has 4 atom stereocenters. The first-order valence-electron chi connectivity index (χ1n) is 16.9. The molecule has 6 rings (SSSR count). The van der Waals surface area contributed by atoms with Crippen LogP contribution < -0.4 is 10.6 Å². The Kier molecular flexibility index (Phi) is 11.9. The van der Waals surface area contributed by atoms with E-state index >= 15 is 0 Å². The van der Waals surface area contributed by atoms with E-state index < -0.39 is 85.7 Å². The van der Waals surface area contributed by atoms with Crippen LogP contribution in [-0.2, 0) is 61.0 Å². The number of amides is 3. The summed E-state index contributed by atoms with van der Waals surface area (Å²) in [5.41, 5.74) is -4.16. The Bertz CT molecular complexity index is 2220. The zero-order valence-corrected chi connectivity index (χ0v) is 32.5. The van der Waals surface area contributed by atoms with Crippen molar-refractivity contribution in [1.82, 2.24) is 15.2 Å². The monoisotopic (exact) mass is 859 g/mol. The lowest BCUT2D eigenvalue weighted by atomic mass is 9.89. The lowest BCUT2D eigenvalue weighted by Gasteiger charge is -2.56. The van der Waals surface area contributed by atoms with Crippen LogP contribution in [0.15, 0.2) is 59.1 Å². The van der Waals surface area contributed by atoms with Crippen LogP contribution in [0, 0.1) is 26.1 Å². The number of oxime groups is 1. The highest BCUT2D eigenvalue weighted by Crippen LogP contribution is 2.51. The maximum absolute atomic E-state index is 13.9. The normalized spacial score (nSPS) is 21.1. The summed E-state index contributed by atoms with van der Waals surface area (Å²) in [6.07, 6.45) is -0.195. The number of alkyl halides is 1. The third kappa shape index (κ3) is 8.40. The topological polar surface area (TPSA) is 278 Å². The fraction of sp³-hybridized carbons (Fsp3) is 0.353. The molecule has 3 fully saturated rings. The number of non-ortho nitro benzene ring substituents is 2. The number of nitrogens with one attached hydrogen (secondary N) is 2. The van der Waals surface area contributed by atoms with Gasteiger partial charge in [0, 0.05) is 41.3 Å². The molecule has 304 valence electrons. The largest absolute Gasteiger partial charge is 0.458 e. The molecule has 3 aliphatic heterocycles. The molecule has 0 spiro atoms. The van der Waals surface area contributed by atoms with Gasteiger partial charge in [0.15, 0.2) is 10.8 Å². The zero-order valence-electron chi connectivity index (χ0n) is 30.1. The number of aromatic nitrogens is 1. The van der Waals surface area contributed by atoms with Gasteiger partial charge in [0.25, 0.3) is 28.9 Å². The van der Waals surface area contributed by atoms with Gasteiger partial charge in [-0.05, 0) is 49.2 Å². The number of hydrogen-bond donors (Lipinski definition) is 2. The highest BCUT2D eigenvalue weighted by Gasteiger charge is 2.72. The quantitative estimate of drug-likeness (QED) is 0.0423. The molecule has 3 aliphatic rings. The highest BCUT2D eigenvalue weighted by molar-refractivity contribution is 8.00. The number of nitro benzene ring substituents is 2. The Hall–Kier alpha value is -6.20. The van der Waals surface area contributed by atoms with E-state index in [-0.39, 0.29) is 47.6 Å². The van der Waals surface area contributed by atoms with Crippen molar-refractivity contribution in [2.24, 2.45) is 11.1 Å². The van der Waals surface area contributed by atoms with Crippen LogP contribution in [0.5, 0.6) is 0 Å². The van der Waals surface area contributed by atoms with Crippen LogP contribution in [0.4, 0.5) is 16.5 Å². The van der Waals surface area contributed by atoms with Crippen molar-refractivity contribution in [3.8, 4) is 0 Å². The van der Waals surface area contributed by atoms with E-state index in [2.05, 4.69) is 20.8 Å². The van der Waals surface area contributed by atoms with Crippen molar-refractivity contribution >= 4 is 92.5 Å². The van der Waals surface area contributed by atoms with Crippen LogP contribution in [0.25, 0.3) is 0 Å². The molecule has 2 N–H and O–H groups in total. The number of carbonyl (C=O) groups excluding carboxylic acids is 6. The summed E-state index contributed by atoms with van der Waals surface area (Å²) < 4.78 is 16.3. The second-order valence-corrected chi connectivity index (χ2v) is 15.5. The molecular weight excluding hydrogens is 830 g/mol. The van der Waals surface area contributed by atoms with E-state index in [9.17, 15) is 49.0 Å². The van der Waals surface area contributed by atoms with E-state index in [1.165, 1.54) is 79.5 Å². The molecule has 0 aliphatic carbocycles. The zero-order chi connectivity index (χ0) is 41.9. The second-order valence-electron chi connectivity index (χ2n) is 13.2. The molecule has 1 aromatic heterocycles. The number of halogens is 1. The molecule has 24 heteroatoms. The number of esters is 3. The lowest BCUT2D eigenvalue weighted by molar-refractivity contribution is -0.385. The number of anilines is 1. The molecule has 2 aromatic carbocycles. The van der Waals surface area contributed by atoms with Crippen molar-refractivity contribution < 1.29 is 57.7 Å². The number of thioether (sulfide) groups is 1. The molecule has 58 heavy (non-hydrogen) atoms. The first-order chi connectivity index (χ1) is 27.5. The number of benzene rings is 2.